The summed E-state index contributed by atoms with van der Waals surface area (Å²) in [4.78, 5) is 0. The summed E-state index contributed by atoms with van der Waals surface area (Å²) in [6.07, 6.45) is 0. The van der Waals surface area contributed by atoms with Crippen LogP contribution in [0.4, 0.5) is 0 Å². The van der Waals surface area contributed by atoms with Gasteiger partial charge in [0.2, 0.25) is 0 Å². The van der Waals surface area contributed by atoms with Gasteiger partial charge in [-0.3, -0.25) is 0 Å². The highest BCUT2D eigenvalue weighted by molar-refractivity contribution is 6.12. The van der Waals surface area contributed by atoms with Gasteiger partial charge in [0.25, 0.3) is 0 Å². The van der Waals surface area contributed by atoms with Gasteiger partial charge in [-0.05, 0) is 56.8 Å². The van der Waals surface area contributed by atoms with Crippen molar-refractivity contribution in [1.82, 2.24) is 0 Å². The molecular formula is C19H14. The smallest absolute Gasteiger partial charge is 0.0616 e. The molecule has 0 radical (unpaired) electrons. The molecule has 0 aliphatic carbocycles. The molecule has 0 nitrogen and oxygen atoms in total. The zero-order valence-corrected chi connectivity index (χ0v) is 9.50. The van der Waals surface area contributed by atoms with Gasteiger partial charge in [0.05, 0.1) is 15.1 Å². The van der Waals surface area contributed by atoms with E-state index in [1.165, 1.54) is 0 Å². The first kappa shape index (κ1) is 3.61. The van der Waals surface area contributed by atoms with Crippen molar-refractivity contribution >= 4 is 32.3 Å². The van der Waals surface area contributed by atoms with Crippen molar-refractivity contribution in [2.45, 2.75) is 6.85 Å². The highest BCUT2D eigenvalue weighted by Gasteiger charge is 2.03. The average molecular weight is 256 g/mol. The van der Waals surface area contributed by atoms with Crippen molar-refractivity contribution in [3.63, 3.8) is 0 Å². The fourth-order valence-electron chi connectivity index (χ4n) is 2.00. The van der Waals surface area contributed by atoms with Crippen molar-refractivity contribution in [3.05, 3.63) is 72.0 Å². The number of fused-ring (bicyclic) bond motifs is 4. The Morgan fingerprint density at radius 3 is 2.37 bits per heavy atom. The monoisotopic (exact) mass is 256 g/mol. The van der Waals surface area contributed by atoms with Crippen LogP contribution in [0, 0.1) is 6.85 Å². The van der Waals surface area contributed by atoms with Crippen molar-refractivity contribution in [3.8, 4) is 0 Å². The highest BCUT2D eigenvalue weighted by Crippen LogP contribution is 2.30. The third-order valence-corrected chi connectivity index (χ3v) is 2.88. The third kappa shape index (κ3) is 1.53. The van der Waals surface area contributed by atoms with Gasteiger partial charge in [0.1, 0.15) is 0 Å². The van der Waals surface area contributed by atoms with Gasteiger partial charge in [0.15, 0.2) is 0 Å². The molecule has 4 aromatic rings. The Labute approximate surface area is 132 Å². The van der Waals surface area contributed by atoms with Gasteiger partial charge in [-0.25, -0.2) is 0 Å². The zero-order chi connectivity index (χ0) is 24.9. The molecule has 90 valence electrons. The second-order valence-electron chi connectivity index (χ2n) is 4.00. The predicted octanol–water partition coefficient (Wildman–Crippen LogP) is 5.45. The summed E-state index contributed by atoms with van der Waals surface area (Å²) in [5, 5.41) is -2.25. The molecule has 0 N–H and O–H groups in total. The molecule has 0 unspecified atom stereocenters. The van der Waals surface area contributed by atoms with Crippen LogP contribution in [-0.4, -0.2) is 0 Å². The van der Waals surface area contributed by atoms with Crippen LogP contribution < -0.4 is 0 Å². The average Bonchev–Trinajstić information content (AvgIpc) is 2.73. The molecule has 0 fully saturated rings. The van der Waals surface area contributed by atoms with Crippen LogP contribution in [0.1, 0.15) is 24.8 Å². The fourth-order valence-corrected chi connectivity index (χ4v) is 2.00. The molecule has 0 heterocycles. The minimum atomic E-state index is -2.99. The summed E-state index contributed by atoms with van der Waals surface area (Å²) >= 11 is 0. The van der Waals surface area contributed by atoms with Gasteiger partial charge in [-0.1, -0.05) is 54.4 Å². The first-order valence-electron chi connectivity index (χ1n) is 12.5. The van der Waals surface area contributed by atoms with Gasteiger partial charge >= 0.3 is 0 Å². The maximum Gasteiger partial charge on any atom is 0.0636 e. The molecule has 0 aromatic heterocycles. The first-order valence-corrected chi connectivity index (χ1v) is 5.50. The van der Waals surface area contributed by atoms with Crippen LogP contribution in [0.2, 0.25) is 0 Å². The van der Waals surface area contributed by atoms with E-state index >= 15 is 0 Å². The zero-order valence-electron chi connectivity index (χ0n) is 23.5. The van der Waals surface area contributed by atoms with E-state index < -0.39 is 95.0 Å². The molecule has 0 saturated heterocycles. The van der Waals surface area contributed by atoms with E-state index in [4.69, 9.17) is 19.2 Å². The van der Waals surface area contributed by atoms with Crippen LogP contribution in [0.15, 0.2) is 66.5 Å². The Kier molecular flexibility index (Phi) is 0.726. The van der Waals surface area contributed by atoms with E-state index in [9.17, 15) is 0 Å². The Morgan fingerprint density at radius 1 is 0.684 bits per heavy atom. The molecule has 19 heavy (non-hydrogen) atoms. The van der Waals surface area contributed by atoms with Crippen molar-refractivity contribution < 1.29 is 19.2 Å². The second kappa shape index (κ2) is 3.83. The van der Waals surface area contributed by atoms with Gasteiger partial charge in [0, 0.05) is 4.11 Å². The van der Waals surface area contributed by atoms with E-state index in [1.807, 2.05) is 0 Å². The Hall–Kier alpha value is -2.34. The van der Waals surface area contributed by atoms with Crippen LogP contribution in [0.3, 0.4) is 0 Å². The van der Waals surface area contributed by atoms with E-state index in [0.29, 0.717) is 0 Å². The lowest BCUT2D eigenvalue weighted by molar-refractivity contribution is 1.54. The van der Waals surface area contributed by atoms with Gasteiger partial charge < -0.3 is 0 Å². The lowest BCUT2D eigenvalue weighted by Gasteiger charge is -2.08. The molecule has 0 spiro atoms. The second-order valence-corrected chi connectivity index (χ2v) is 4.00. The number of aryl methyl sites for hydroxylation is 1. The summed E-state index contributed by atoms with van der Waals surface area (Å²) in [6, 6.07) is -7.30. The van der Waals surface area contributed by atoms with Crippen molar-refractivity contribution in [1.29, 1.82) is 0 Å². The first-order chi connectivity index (χ1) is 15.1. The molecule has 0 heteroatoms. The number of rotatable bonds is 0. The third-order valence-electron chi connectivity index (χ3n) is 2.88. The van der Waals surface area contributed by atoms with E-state index in [1.54, 1.807) is 0 Å². The number of benzene rings is 4. The Bertz CT molecular complexity index is 1550. The van der Waals surface area contributed by atoms with Crippen LogP contribution >= 0.6 is 0 Å². The van der Waals surface area contributed by atoms with E-state index in [-0.39, 0.29) is 16.2 Å². The van der Waals surface area contributed by atoms with E-state index in [2.05, 4.69) is 0 Å². The summed E-state index contributed by atoms with van der Waals surface area (Å²) in [7, 11) is 0. The van der Waals surface area contributed by atoms with Crippen molar-refractivity contribution in [2.24, 2.45) is 0 Å². The standard InChI is InChI=1S/C19H14/c1-13-5-4-7-15-12-19-16(11-18(13)15)10-9-14-6-2-3-8-17(14)19/h2-12H,1H3/i1D3,2D,3D,4D,5D,6D,7D,8D,9D,10D,11D,12D. The molecule has 0 aliphatic rings. The van der Waals surface area contributed by atoms with Crippen LogP contribution in [-0.2, 0) is 0 Å². The normalized spacial score (nSPS) is 22.5. The number of hydrogen-bond acceptors (Lipinski definition) is 0. The Morgan fingerprint density at radius 2 is 1.42 bits per heavy atom. The predicted molar refractivity (Wildman–Crippen MR) is 83.7 cm³/mol. The molecule has 0 bridgehead atoms. The lowest BCUT2D eigenvalue weighted by atomic mass is 9.97. The quantitative estimate of drug-likeness (QED) is 0.290. The highest BCUT2D eigenvalue weighted by atomic mass is 14.1. The molecule has 4 aromatic carbocycles. The molecule has 0 atom stereocenters. The molecular weight excluding hydrogens is 228 g/mol. The minimum Gasteiger partial charge on any atom is -0.0616 e. The van der Waals surface area contributed by atoms with Gasteiger partial charge in [-0.2, -0.15) is 0 Å². The van der Waals surface area contributed by atoms with Crippen LogP contribution in [0.25, 0.3) is 32.3 Å². The molecule has 0 amide bonds. The maximum absolute atomic E-state index is 8.75. The Balaban J connectivity index is 2.54. The van der Waals surface area contributed by atoms with Gasteiger partial charge in [-0.15, -0.1) is 0 Å². The SMILES string of the molecule is [2H]c1c([2H])c(C([2H])([2H])[2H])c2c([2H])c3c([2H])c([2H])c4c([2H])c([2H])c([2H])c([2H])c4c3c([2H])c2c1[2H]. The summed E-state index contributed by atoms with van der Waals surface area (Å²) in [5.41, 5.74) is -0.722. The van der Waals surface area contributed by atoms with Crippen molar-refractivity contribution in [2.75, 3.05) is 0 Å². The molecule has 0 saturated carbocycles. The minimum absolute atomic E-state index is 0.297. The van der Waals surface area contributed by atoms with E-state index in [0.717, 1.165) is 0 Å². The summed E-state index contributed by atoms with van der Waals surface area (Å²) in [6.45, 7) is -2.99. The lowest BCUT2D eigenvalue weighted by Crippen LogP contribution is -1.81. The largest absolute Gasteiger partial charge is 0.0636 e. The summed E-state index contributed by atoms with van der Waals surface area (Å²) < 4.78 is 115. The molecule has 0 aliphatic heterocycles. The topological polar surface area (TPSA) is 0 Å². The fraction of sp³-hybridized carbons (Fsp3) is 0.0526. The summed E-state index contributed by atoms with van der Waals surface area (Å²) in [5.74, 6) is 0. The molecule has 4 rings (SSSR count). The number of hydrogen-bond donors (Lipinski definition) is 0. The van der Waals surface area contributed by atoms with Crippen LogP contribution in [0.5, 0.6) is 0 Å². The maximum atomic E-state index is 8.75.